The monoisotopic (exact) mass is 428 g/mol. The first kappa shape index (κ1) is 21.5. The van der Waals surface area contributed by atoms with Gasteiger partial charge < -0.3 is 5.32 Å². The summed E-state index contributed by atoms with van der Waals surface area (Å²) >= 11 is 12.4. The molecule has 0 aromatic heterocycles. The molecule has 0 unspecified atom stereocenters. The van der Waals surface area contributed by atoms with Gasteiger partial charge in [0.2, 0.25) is 0 Å². The van der Waals surface area contributed by atoms with Crippen LogP contribution in [0, 0.1) is 19.8 Å². The minimum atomic E-state index is -4.05. The van der Waals surface area contributed by atoms with Gasteiger partial charge in [-0.2, -0.15) is 0 Å². The molecule has 8 heteroatoms. The number of anilines is 1. The fourth-order valence-corrected chi connectivity index (χ4v) is 4.79. The first-order valence-corrected chi connectivity index (χ1v) is 10.6. The first-order valence-electron chi connectivity index (χ1n) is 8.39. The Labute approximate surface area is 170 Å². The highest BCUT2D eigenvalue weighted by Crippen LogP contribution is 2.34. The van der Waals surface area contributed by atoms with Gasteiger partial charge in [-0.3, -0.25) is 9.52 Å². The third-order valence-corrected chi connectivity index (χ3v) is 6.47. The van der Waals surface area contributed by atoms with E-state index in [0.717, 1.165) is 0 Å². The van der Waals surface area contributed by atoms with E-state index in [9.17, 15) is 13.2 Å². The summed E-state index contributed by atoms with van der Waals surface area (Å²) in [6.45, 7) is 7.70. The molecular formula is C19H22Cl2N2O3S. The molecule has 2 N–H and O–H groups in total. The predicted octanol–water partition coefficient (Wildman–Crippen LogP) is 4.80. The van der Waals surface area contributed by atoms with Crippen molar-refractivity contribution in [1.82, 2.24) is 5.32 Å². The summed E-state index contributed by atoms with van der Waals surface area (Å²) in [5.74, 6) is -0.0826. The topological polar surface area (TPSA) is 75.3 Å². The molecule has 0 saturated heterocycles. The number of nitrogens with one attached hydrogen (secondary N) is 2. The average molecular weight is 429 g/mol. The second kappa shape index (κ2) is 8.50. The number of para-hydroxylation sites is 1. The molecule has 5 nitrogen and oxygen atoms in total. The van der Waals surface area contributed by atoms with Gasteiger partial charge in [0.05, 0.1) is 16.3 Å². The Morgan fingerprint density at radius 1 is 1.15 bits per heavy atom. The summed E-state index contributed by atoms with van der Waals surface area (Å²) in [5.41, 5.74) is 1.30. The van der Waals surface area contributed by atoms with E-state index in [1.165, 1.54) is 6.07 Å². The van der Waals surface area contributed by atoms with Crippen LogP contribution < -0.4 is 10.0 Å². The fraction of sp³-hybridized carbons (Fsp3) is 0.316. The first-order chi connectivity index (χ1) is 12.5. The Bertz CT molecular complexity index is 947. The number of carbonyl (C=O) groups excluding carboxylic acids is 1. The normalized spacial score (nSPS) is 11.5. The number of amides is 1. The van der Waals surface area contributed by atoms with Gasteiger partial charge in [0.25, 0.3) is 15.9 Å². The molecule has 0 aliphatic carbocycles. The van der Waals surface area contributed by atoms with Crippen molar-refractivity contribution in [1.29, 1.82) is 0 Å². The zero-order valence-electron chi connectivity index (χ0n) is 15.6. The van der Waals surface area contributed by atoms with E-state index >= 15 is 0 Å². The Morgan fingerprint density at radius 2 is 1.78 bits per heavy atom. The van der Waals surface area contributed by atoms with Gasteiger partial charge in [0, 0.05) is 11.6 Å². The van der Waals surface area contributed by atoms with Crippen LogP contribution in [-0.4, -0.2) is 20.9 Å². The van der Waals surface area contributed by atoms with Gasteiger partial charge in [0.15, 0.2) is 0 Å². The smallest absolute Gasteiger partial charge is 0.263 e. The second-order valence-corrected chi connectivity index (χ2v) is 9.10. The summed E-state index contributed by atoms with van der Waals surface area (Å²) in [6, 6.07) is 8.03. The van der Waals surface area contributed by atoms with E-state index < -0.39 is 10.0 Å². The van der Waals surface area contributed by atoms with Crippen molar-refractivity contribution in [3.63, 3.8) is 0 Å². The number of rotatable bonds is 6. The third kappa shape index (κ3) is 4.94. The zero-order chi connectivity index (χ0) is 20.4. The lowest BCUT2D eigenvalue weighted by Gasteiger charge is -2.17. The lowest BCUT2D eigenvalue weighted by atomic mass is 10.1. The van der Waals surface area contributed by atoms with Crippen LogP contribution in [0.4, 0.5) is 5.69 Å². The summed E-state index contributed by atoms with van der Waals surface area (Å²) in [7, 11) is -4.05. The van der Waals surface area contributed by atoms with Crippen LogP contribution in [-0.2, 0) is 10.0 Å². The predicted molar refractivity (Wildman–Crippen MR) is 110 cm³/mol. The van der Waals surface area contributed by atoms with Gasteiger partial charge in [-0.25, -0.2) is 8.42 Å². The van der Waals surface area contributed by atoms with Crippen LogP contribution >= 0.6 is 23.2 Å². The van der Waals surface area contributed by atoms with Crippen molar-refractivity contribution in [2.75, 3.05) is 11.3 Å². The molecule has 0 atom stereocenters. The molecule has 0 heterocycles. The number of aryl methyl sites for hydroxylation is 1. The molecule has 2 aromatic carbocycles. The van der Waals surface area contributed by atoms with E-state index in [-0.39, 0.29) is 33.0 Å². The van der Waals surface area contributed by atoms with Crippen LogP contribution in [0.3, 0.4) is 0 Å². The third-order valence-electron chi connectivity index (χ3n) is 3.94. The molecule has 146 valence electrons. The van der Waals surface area contributed by atoms with E-state index in [4.69, 9.17) is 23.2 Å². The molecule has 0 saturated carbocycles. The highest BCUT2D eigenvalue weighted by Gasteiger charge is 2.25. The highest BCUT2D eigenvalue weighted by molar-refractivity contribution is 7.93. The molecule has 27 heavy (non-hydrogen) atoms. The maximum absolute atomic E-state index is 13.0. The average Bonchev–Trinajstić information content (AvgIpc) is 2.58. The molecule has 2 rings (SSSR count). The molecule has 2 aromatic rings. The number of hydrogen-bond acceptors (Lipinski definition) is 3. The molecular weight excluding hydrogens is 407 g/mol. The van der Waals surface area contributed by atoms with Crippen LogP contribution in [0.2, 0.25) is 10.0 Å². The van der Waals surface area contributed by atoms with Crippen LogP contribution in [0.5, 0.6) is 0 Å². The molecule has 0 aliphatic rings. The van der Waals surface area contributed by atoms with E-state index in [1.54, 1.807) is 38.1 Å². The van der Waals surface area contributed by atoms with Gasteiger partial charge >= 0.3 is 0 Å². The fourth-order valence-electron chi connectivity index (χ4n) is 2.49. The lowest BCUT2D eigenvalue weighted by molar-refractivity contribution is 0.0950. The minimum Gasteiger partial charge on any atom is -0.352 e. The van der Waals surface area contributed by atoms with Gasteiger partial charge in [-0.05, 0) is 49.1 Å². The van der Waals surface area contributed by atoms with Gasteiger partial charge in [-0.1, -0.05) is 49.2 Å². The number of carbonyl (C=O) groups is 1. The van der Waals surface area contributed by atoms with Crippen molar-refractivity contribution < 1.29 is 13.2 Å². The molecule has 0 aliphatic heterocycles. The highest BCUT2D eigenvalue weighted by atomic mass is 35.5. The van der Waals surface area contributed by atoms with Crippen molar-refractivity contribution in [2.45, 2.75) is 32.6 Å². The summed E-state index contributed by atoms with van der Waals surface area (Å²) in [5, 5.41) is 3.19. The second-order valence-electron chi connectivity index (χ2n) is 6.70. The lowest BCUT2D eigenvalue weighted by Crippen LogP contribution is -2.28. The van der Waals surface area contributed by atoms with E-state index in [1.807, 2.05) is 13.8 Å². The number of sulfonamides is 1. The standard InChI is InChI=1S/C19H22Cl2N2O3S/c1-11(2)10-22-19(24)14-7-5-6-8-16(14)23-27(25,26)18-13(4)15(20)9-12(3)17(18)21/h5-9,11,23H,10H2,1-4H3,(H,22,24). The minimum absolute atomic E-state index is 0.0911. The maximum Gasteiger partial charge on any atom is 0.263 e. The summed E-state index contributed by atoms with van der Waals surface area (Å²) in [4.78, 5) is 12.4. The van der Waals surface area contributed by atoms with Gasteiger partial charge in [-0.15, -0.1) is 0 Å². The zero-order valence-corrected chi connectivity index (χ0v) is 17.9. The summed E-state index contributed by atoms with van der Waals surface area (Å²) in [6.07, 6.45) is 0. The Morgan fingerprint density at radius 3 is 2.41 bits per heavy atom. The van der Waals surface area contributed by atoms with Crippen LogP contribution in [0.25, 0.3) is 0 Å². The van der Waals surface area contributed by atoms with Crippen molar-refractivity contribution in [2.24, 2.45) is 5.92 Å². The number of hydrogen-bond donors (Lipinski definition) is 2. The van der Waals surface area contributed by atoms with Gasteiger partial charge in [0.1, 0.15) is 4.90 Å². The van der Waals surface area contributed by atoms with Crippen molar-refractivity contribution in [3.8, 4) is 0 Å². The maximum atomic E-state index is 13.0. The Hall–Kier alpha value is -1.76. The molecule has 0 spiro atoms. The van der Waals surface area contributed by atoms with E-state index in [2.05, 4.69) is 10.0 Å². The Balaban J connectivity index is 2.45. The van der Waals surface area contributed by atoms with Crippen molar-refractivity contribution >= 4 is 44.8 Å². The number of halogens is 2. The van der Waals surface area contributed by atoms with Crippen LogP contribution in [0.1, 0.15) is 35.3 Å². The van der Waals surface area contributed by atoms with E-state index in [0.29, 0.717) is 22.7 Å². The Kier molecular flexibility index (Phi) is 6.78. The molecule has 0 bridgehead atoms. The summed E-state index contributed by atoms with van der Waals surface area (Å²) < 4.78 is 28.5. The van der Waals surface area contributed by atoms with Crippen molar-refractivity contribution in [3.05, 3.63) is 57.1 Å². The SMILES string of the molecule is Cc1cc(Cl)c(C)c(S(=O)(=O)Nc2ccccc2C(=O)NCC(C)C)c1Cl. The number of benzene rings is 2. The van der Waals surface area contributed by atoms with Crippen LogP contribution in [0.15, 0.2) is 35.2 Å². The molecule has 0 fully saturated rings. The largest absolute Gasteiger partial charge is 0.352 e. The molecule has 0 radical (unpaired) electrons. The molecule has 1 amide bonds. The quantitative estimate of drug-likeness (QED) is 0.693.